The molecule has 0 fully saturated rings. The van der Waals surface area contributed by atoms with Gasteiger partial charge in [0.1, 0.15) is 0 Å². The fourth-order valence-corrected chi connectivity index (χ4v) is 4.39. The lowest BCUT2D eigenvalue weighted by atomic mass is 9.94. The zero-order valence-corrected chi connectivity index (χ0v) is 21.1. The maximum Gasteiger partial charge on any atom is 0.322 e. The number of rotatable bonds is 9. The molecule has 9 nitrogen and oxygen atoms in total. The number of hydrogen-bond acceptors (Lipinski definition) is 8. The molecule has 10 heteroatoms. The molecule has 1 aromatic heterocycles. The molecule has 1 N–H and O–H groups in total. The average molecular weight is 497 g/mol. The molecule has 0 bridgehead atoms. The molecular weight excluding hydrogens is 468 g/mol. The van der Waals surface area contributed by atoms with E-state index in [4.69, 9.17) is 18.7 Å². The summed E-state index contributed by atoms with van der Waals surface area (Å²) in [5.41, 5.74) is 3.10. The summed E-state index contributed by atoms with van der Waals surface area (Å²) in [6.07, 6.45) is 2.02. The molecular formula is C25H28N4O5S. The number of nitrogens with zero attached hydrogens (tertiary/aromatic N) is 3. The van der Waals surface area contributed by atoms with E-state index in [2.05, 4.69) is 15.5 Å². The lowest BCUT2D eigenvalue weighted by Gasteiger charge is -2.35. The van der Waals surface area contributed by atoms with Crippen LogP contribution in [0.4, 0.5) is 4.79 Å². The minimum atomic E-state index is -0.448. The highest BCUT2D eigenvalue weighted by atomic mass is 32.2. The molecule has 4 rings (SSSR count). The van der Waals surface area contributed by atoms with E-state index >= 15 is 0 Å². The van der Waals surface area contributed by atoms with Crippen molar-refractivity contribution in [3.63, 3.8) is 0 Å². The van der Waals surface area contributed by atoms with Gasteiger partial charge in [-0.05, 0) is 49.1 Å². The monoisotopic (exact) mass is 496 g/mol. The summed E-state index contributed by atoms with van der Waals surface area (Å²) in [7, 11) is 4.76. The van der Waals surface area contributed by atoms with Crippen LogP contribution in [0.1, 0.15) is 24.4 Å². The molecule has 0 aliphatic carbocycles. The Kier molecular flexibility index (Phi) is 7.62. The van der Waals surface area contributed by atoms with Gasteiger partial charge in [0.2, 0.25) is 5.82 Å². The number of amides is 2. The van der Waals surface area contributed by atoms with E-state index in [9.17, 15) is 4.79 Å². The van der Waals surface area contributed by atoms with Crippen molar-refractivity contribution >= 4 is 23.4 Å². The number of thioether (sulfide) groups is 1. The number of hydrogen-bond donors (Lipinski definition) is 1. The first-order valence-electron chi connectivity index (χ1n) is 11.0. The molecule has 2 amide bonds. The lowest BCUT2D eigenvalue weighted by molar-refractivity contribution is 0.158. The second kappa shape index (κ2) is 10.8. The quantitative estimate of drug-likeness (QED) is 0.429. The Bertz CT molecular complexity index is 1220. The van der Waals surface area contributed by atoms with Gasteiger partial charge in [-0.2, -0.15) is 4.98 Å². The predicted molar refractivity (Wildman–Crippen MR) is 134 cm³/mol. The molecule has 1 aliphatic heterocycles. The standard InChI is InChI=1S/C25H28N4O5S/c1-15-21(24-27-23(28-34-24)17-8-11-19(32-3)20(14-17)33-4)22(16-6-9-18(35-5)10-7-16)26-25(30)29(15)12-13-31-2/h6-11,14,22H,12-13H2,1-5H3,(H,26,30). The average Bonchev–Trinajstić information content (AvgIpc) is 3.37. The summed E-state index contributed by atoms with van der Waals surface area (Å²) < 4.78 is 21.7. The molecule has 1 atom stereocenters. The van der Waals surface area contributed by atoms with Crippen LogP contribution in [-0.2, 0) is 4.74 Å². The number of allylic oxidation sites excluding steroid dienone is 1. The second-order valence-corrected chi connectivity index (χ2v) is 8.67. The number of urea groups is 1. The fourth-order valence-electron chi connectivity index (χ4n) is 3.98. The van der Waals surface area contributed by atoms with Crippen molar-refractivity contribution < 1.29 is 23.5 Å². The number of nitrogens with one attached hydrogen (secondary N) is 1. The molecule has 0 saturated carbocycles. The van der Waals surface area contributed by atoms with Crippen molar-refractivity contribution in [2.75, 3.05) is 40.7 Å². The van der Waals surface area contributed by atoms with E-state index in [1.807, 2.05) is 43.5 Å². The van der Waals surface area contributed by atoms with Gasteiger partial charge in [0, 0.05) is 23.3 Å². The van der Waals surface area contributed by atoms with E-state index in [0.717, 1.165) is 21.7 Å². The largest absolute Gasteiger partial charge is 0.493 e. The Labute approximate surface area is 208 Å². The maximum absolute atomic E-state index is 13.0. The van der Waals surface area contributed by atoms with Crippen molar-refractivity contribution in [2.24, 2.45) is 0 Å². The van der Waals surface area contributed by atoms with Crippen molar-refractivity contribution in [2.45, 2.75) is 17.9 Å². The molecule has 1 unspecified atom stereocenters. The van der Waals surface area contributed by atoms with E-state index in [-0.39, 0.29) is 6.03 Å². The highest BCUT2D eigenvalue weighted by molar-refractivity contribution is 7.98. The van der Waals surface area contributed by atoms with Crippen LogP contribution in [0.5, 0.6) is 11.5 Å². The minimum absolute atomic E-state index is 0.207. The summed E-state index contributed by atoms with van der Waals surface area (Å²) in [6, 6.07) is 12.8. The molecule has 3 aromatic rings. The predicted octanol–water partition coefficient (Wildman–Crippen LogP) is 4.62. The first kappa shape index (κ1) is 24.6. The van der Waals surface area contributed by atoms with Crippen molar-refractivity contribution in [3.05, 3.63) is 59.6 Å². The van der Waals surface area contributed by atoms with E-state index in [1.165, 1.54) is 0 Å². The Morgan fingerprint density at radius 2 is 1.83 bits per heavy atom. The Balaban J connectivity index is 1.77. The lowest BCUT2D eigenvalue weighted by Crippen LogP contribution is -2.47. The third kappa shape index (κ3) is 4.98. The summed E-state index contributed by atoms with van der Waals surface area (Å²) in [5, 5.41) is 7.31. The van der Waals surface area contributed by atoms with Gasteiger partial charge in [-0.25, -0.2) is 4.79 Å². The number of benzene rings is 2. The van der Waals surface area contributed by atoms with Gasteiger partial charge in [-0.3, -0.25) is 4.90 Å². The highest BCUT2D eigenvalue weighted by Gasteiger charge is 2.35. The number of carbonyl (C=O) groups is 1. The summed E-state index contributed by atoms with van der Waals surface area (Å²) in [4.78, 5) is 20.4. The Morgan fingerprint density at radius 1 is 1.09 bits per heavy atom. The van der Waals surface area contributed by atoms with Crippen LogP contribution in [0.15, 0.2) is 57.6 Å². The van der Waals surface area contributed by atoms with Gasteiger partial charge in [-0.1, -0.05) is 17.3 Å². The van der Waals surface area contributed by atoms with Crippen LogP contribution < -0.4 is 14.8 Å². The van der Waals surface area contributed by atoms with Crippen LogP contribution in [0.2, 0.25) is 0 Å². The van der Waals surface area contributed by atoms with E-state index in [1.54, 1.807) is 50.1 Å². The van der Waals surface area contributed by atoms with Crippen LogP contribution in [0.3, 0.4) is 0 Å². The van der Waals surface area contributed by atoms with Gasteiger partial charge in [0.15, 0.2) is 11.5 Å². The zero-order chi connectivity index (χ0) is 24.9. The number of carbonyl (C=O) groups excluding carboxylic acids is 1. The molecule has 2 heterocycles. The summed E-state index contributed by atoms with van der Waals surface area (Å²) in [6.45, 7) is 2.67. The zero-order valence-electron chi connectivity index (χ0n) is 20.3. The Morgan fingerprint density at radius 3 is 2.49 bits per heavy atom. The number of aromatic nitrogens is 2. The highest BCUT2D eigenvalue weighted by Crippen LogP contribution is 2.38. The first-order valence-corrected chi connectivity index (χ1v) is 12.2. The minimum Gasteiger partial charge on any atom is -0.493 e. The summed E-state index contributed by atoms with van der Waals surface area (Å²) in [5.74, 6) is 1.90. The van der Waals surface area contributed by atoms with Gasteiger partial charge in [0.25, 0.3) is 5.89 Å². The van der Waals surface area contributed by atoms with E-state index < -0.39 is 6.04 Å². The normalized spacial score (nSPS) is 15.9. The van der Waals surface area contributed by atoms with Gasteiger partial charge in [-0.15, -0.1) is 11.8 Å². The third-order valence-electron chi connectivity index (χ3n) is 5.86. The molecule has 0 spiro atoms. The third-order valence-corrected chi connectivity index (χ3v) is 6.61. The molecule has 35 heavy (non-hydrogen) atoms. The molecule has 2 aromatic carbocycles. The van der Waals surface area contributed by atoms with Crippen molar-refractivity contribution in [1.29, 1.82) is 0 Å². The number of ether oxygens (including phenoxy) is 3. The van der Waals surface area contributed by atoms with Crippen LogP contribution in [0.25, 0.3) is 17.0 Å². The van der Waals surface area contributed by atoms with Crippen LogP contribution >= 0.6 is 11.8 Å². The van der Waals surface area contributed by atoms with Crippen molar-refractivity contribution in [3.8, 4) is 22.9 Å². The molecule has 1 aliphatic rings. The maximum atomic E-state index is 13.0. The summed E-state index contributed by atoms with van der Waals surface area (Å²) >= 11 is 1.66. The smallest absolute Gasteiger partial charge is 0.322 e. The van der Waals surface area contributed by atoms with Gasteiger partial charge < -0.3 is 24.1 Å². The van der Waals surface area contributed by atoms with Gasteiger partial charge in [0.05, 0.1) is 39.0 Å². The number of methoxy groups -OCH3 is 3. The topological polar surface area (TPSA) is 99.0 Å². The molecule has 0 radical (unpaired) electrons. The fraction of sp³-hybridized carbons (Fsp3) is 0.320. The Hall–Kier alpha value is -3.50. The molecule has 184 valence electrons. The van der Waals surface area contributed by atoms with Crippen molar-refractivity contribution in [1.82, 2.24) is 20.4 Å². The van der Waals surface area contributed by atoms with Crippen LogP contribution in [-0.4, -0.2) is 61.8 Å². The second-order valence-electron chi connectivity index (χ2n) is 7.79. The SMILES string of the molecule is COCCN1C(=O)NC(c2ccc(SC)cc2)C(c2nc(-c3ccc(OC)c(OC)c3)no2)=C1C. The van der Waals surface area contributed by atoms with Crippen LogP contribution in [0, 0.1) is 0 Å². The van der Waals surface area contributed by atoms with Gasteiger partial charge >= 0.3 is 6.03 Å². The molecule has 0 saturated heterocycles. The first-order chi connectivity index (χ1) is 17.0. The van der Waals surface area contributed by atoms with E-state index in [0.29, 0.717) is 41.9 Å².